The number of aromatic carboxylic acids is 1. The fourth-order valence-corrected chi connectivity index (χ4v) is 1.06. The van der Waals surface area contributed by atoms with Crippen LogP contribution in [-0.4, -0.2) is 16.1 Å². The van der Waals surface area contributed by atoms with E-state index in [2.05, 4.69) is 20.9 Å². The molecule has 0 aliphatic carbocycles. The minimum Gasteiger partial charge on any atom is -0.477 e. The van der Waals surface area contributed by atoms with Crippen LogP contribution < -0.4 is 5.56 Å². The maximum Gasteiger partial charge on any atom is 0.341 e. The molecular formula is C7H6BrNO3. The third kappa shape index (κ3) is 1.55. The molecule has 0 fully saturated rings. The van der Waals surface area contributed by atoms with Crippen molar-refractivity contribution in [2.45, 2.75) is 6.92 Å². The predicted octanol–water partition coefficient (Wildman–Crippen LogP) is 1.14. The molecule has 0 atom stereocenters. The summed E-state index contributed by atoms with van der Waals surface area (Å²) in [6.07, 6.45) is 0. The summed E-state index contributed by atoms with van der Waals surface area (Å²) < 4.78 is 0.512. The number of hydrogen-bond donors (Lipinski definition) is 2. The molecule has 0 aliphatic heterocycles. The first-order valence-corrected chi connectivity index (χ1v) is 3.94. The van der Waals surface area contributed by atoms with Crippen molar-refractivity contribution in [3.05, 3.63) is 32.2 Å². The molecule has 1 heterocycles. The zero-order valence-electron chi connectivity index (χ0n) is 6.22. The number of nitrogens with one attached hydrogen (secondary N) is 1. The Hall–Kier alpha value is -1.10. The Morgan fingerprint density at radius 2 is 2.25 bits per heavy atom. The van der Waals surface area contributed by atoms with Crippen molar-refractivity contribution in [3.63, 3.8) is 0 Å². The van der Waals surface area contributed by atoms with Gasteiger partial charge in [-0.2, -0.15) is 0 Å². The summed E-state index contributed by atoms with van der Waals surface area (Å²) in [6.45, 7) is 1.70. The quantitative estimate of drug-likeness (QED) is 0.713. The van der Waals surface area contributed by atoms with Gasteiger partial charge in [-0.05, 0) is 34.5 Å². The summed E-state index contributed by atoms with van der Waals surface area (Å²) in [5.41, 5.74) is -0.150. The van der Waals surface area contributed by atoms with E-state index in [0.29, 0.717) is 10.2 Å². The molecular weight excluding hydrogens is 226 g/mol. The van der Waals surface area contributed by atoms with Crippen molar-refractivity contribution in [1.29, 1.82) is 0 Å². The molecule has 0 amide bonds. The normalized spacial score (nSPS) is 9.83. The smallest absolute Gasteiger partial charge is 0.341 e. The Morgan fingerprint density at radius 1 is 1.67 bits per heavy atom. The van der Waals surface area contributed by atoms with Crippen molar-refractivity contribution < 1.29 is 9.90 Å². The molecule has 2 N–H and O–H groups in total. The van der Waals surface area contributed by atoms with E-state index in [4.69, 9.17) is 5.11 Å². The molecule has 0 saturated carbocycles. The molecule has 1 aromatic rings. The first-order valence-electron chi connectivity index (χ1n) is 3.15. The molecule has 0 aliphatic rings. The van der Waals surface area contributed by atoms with Crippen LogP contribution in [-0.2, 0) is 0 Å². The molecule has 5 heteroatoms. The lowest BCUT2D eigenvalue weighted by Crippen LogP contribution is -2.17. The van der Waals surface area contributed by atoms with Crippen LogP contribution in [0, 0.1) is 6.92 Å². The molecule has 0 spiro atoms. The van der Waals surface area contributed by atoms with Crippen LogP contribution in [0.2, 0.25) is 0 Å². The third-order valence-electron chi connectivity index (χ3n) is 1.41. The highest BCUT2D eigenvalue weighted by atomic mass is 79.9. The van der Waals surface area contributed by atoms with E-state index in [-0.39, 0.29) is 5.56 Å². The largest absolute Gasteiger partial charge is 0.477 e. The topological polar surface area (TPSA) is 70.2 Å². The van der Waals surface area contributed by atoms with E-state index < -0.39 is 11.5 Å². The monoisotopic (exact) mass is 231 g/mol. The Labute approximate surface area is 76.4 Å². The van der Waals surface area contributed by atoms with Gasteiger partial charge >= 0.3 is 5.97 Å². The lowest BCUT2D eigenvalue weighted by Gasteiger charge is -1.98. The Kier molecular flexibility index (Phi) is 2.32. The standard InChI is InChI=1S/C7H6BrNO3/c1-3-2-4(7(11)12)6(10)9-5(3)8/h2H,1H3,(H,9,10)(H,11,12). The third-order valence-corrected chi connectivity index (χ3v) is 2.23. The highest BCUT2D eigenvalue weighted by molar-refractivity contribution is 9.10. The van der Waals surface area contributed by atoms with E-state index >= 15 is 0 Å². The van der Waals surface area contributed by atoms with E-state index in [0.717, 1.165) is 0 Å². The van der Waals surface area contributed by atoms with Crippen LogP contribution in [0.5, 0.6) is 0 Å². The summed E-state index contributed by atoms with van der Waals surface area (Å²) in [4.78, 5) is 23.8. The van der Waals surface area contributed by atoms with Crippen LogP contribution in [0.1, 0.15) is 15.9 Å². The van der Waals surface area contributed by atoms with Crippen molar-refractivity contribution in [3.8, 4) is 0 Å². The number of carboxylic acid groups (broad SMARTS) is 1. The van der Waals surface area contributed by atoms with E-state index in [1.165, 1.54) is 6.07 Å². The van der Waals surface area contributed by atoms with Crippen LogP contribution in [0.25, 0.3) is 0 Å². The van der Waals surface area contributed by atoms with Crippen LogP contribution >= 0.6 is 15.9 Å². The van der Waals surface area contributed by atoms with Gasteiger partial charge in [0.25, 0.3) is 5.56 Å². The summed E-state index contributed by atoms with van der Waals surface area (Å²) in [5, 5.41) is 8.55. The second kappa shape index (κ2) is 3.10. The number of aromatic amines is 1. The lowest BCUT2D eigenvalue weighted by atomic mass is 10.2. The van der Waals surface area contributed by atoms with Crippen molar-refractivity contribution in [2.75, 3.05) is 0 Å². The van der Waals surface area contributed by atoms with Gasteiger partial charge in [-0.3, -0.25) is 4.79 Å². The minimum atomic E-state index is -1.22. The van der Waals surface area contributed by atoms with Gasteiger partial charge in [0.1, 0.15) is 5.56 Å². The summed E-state index contributed by atoms with van der Waals surface area (Å²) >= 11 is 3.08. The van der Waals surface area contributed by atoms with Crippen molar-refractivity contribution >= 4 is 21.9 Å². The van der Waals surface area contributed by atoms with Gasteiger partial charge in [0, 0.05) is 0 Å². The van der Waals surface area contributed by atoms with E-state index in [1.807, 2.05) is 0 Å². The second-order valence-electron chi connectivity index (χ2n) is 2.31. The lowest BCUT2D eigenvalue weighted by molar-refractivity contribution is 0.0695. The van der Waals surface area contributed by atoms with Crippen LogP contribution in [0.4, 0.5) is 0 Å². The Morgan fingerprint density at radius 3 is 2.75 bits per heavy atom. The predicted molar refractivity (Wildman–Crippen MR) is 46.5 cm³/mol. The van der Waals surface area contributed by atoms with Crippen LogP contribution in [0.3, 0.4) is 0 Å². The van der Waals surface area contributed by atoms with Gasteiger partial charge in [-0.15, -0.1) is 0 Å². The molecule has 12 heavy (non-hydrogen) atoms. The Bertz CT molecular complexity index is 383. The van der Waals surface area contributed by atoms with E-state index in [1.54, 1.807) is 6.92 Å². The first-order chi connectivity index (χ1) is 5.52. The van der Waals surface area contributed by atoms with Crippen LogP contribution in [0.15, 0.2) is 15.5 Å². The maximum absolute atomic E-state index is 11.0. The number of rotatable bonds is 1. The van der Waals surface area contributed by atoms with Gasteiger partial charge < -0.3 is 10.1 Å². The molecule has 0 saturated heterocycles. The number of H-pyrrole nitrogens is 1. The van der Waals surface area contributed by atoms with Gasteiger partial charge in [0.2, 0.25) is 0 Å². The number of aromatic nitrogens is 1. The second-order valence-corrected chi connectivity index (χ2v) is 3.11. The van der Waals surface area contributed by atoms with E-state index in [9.17, 15) is 9.59 Å². The fourth-order valence-electron chi connectivity index (χ4n) is 0.770. The number of aryl methyl sites for hydroxylation is 1. The zero-order chi connectivity index (χ0) is 9.30. The number of pyridine rings is 1. The van der Waals surface area contributed by atoms with Crippen molar-refractivity contribution in [1.82, 2.24) is 4.98 Å². The number of halogens is 1. The summed E-state index contributed by atoms with van der Waals surface area (Å²) in [7, 11) is 0. The van der Waals surface area contributed by atoms with Gasteiger partial charge in [0.15, 0.2) is 0 Å². The van der Waals surface area contributed by atoms with Gasteiger partial charge in [-0.25, -0.2) is 4.79 Å². The molecule has 0 unspecified atom stereocenters. The Balaban J connectivity index is 3.43. The maximum atomic E-state index is 11.0. The van der Waals surface area contributed by atoms with Crippen molar-refractivity contribution in [2.24, 2.45) is 0 Å². The molecule has 0 bridgehead atoms. The zero-order valence-corrected chi connectivity index (χ0v) is 7.81. The van der Waals surface area contributed by atoms with Gasteiger partial charge in [-0.1, -0.05) is 0 Å². The first kappa shape index (κ1) is 8.99. The highest BCUT2D eigenvalue weighted by Gasteiger charge is 2.09. The SMILES string of the molecule is Cc1cc(C(=O)O)c(=O)[nH]c1Br. The molecule has 1 aromatic heterocycles. The van der Waals surface area contributed by atoms with Gasteiger partial charge in [0.05, 0.1) is 4.60 Å². The molecule has 1 rings (SSSR count). The molecule has 0 aromatic carbocycles. The fraction of sp³-hybridized carbons (Fsp3) is 0.143. The average molecular weight is 232 g/mol. The number of hydrogen-bond acceptors (Lipinski definition) is 2. The highest BCUT2D eigenvalue weighted by Crippen LogP contribution is 2.10. The summed E-state index contributed by atoms with van der Waals surface area (Å²) in [5.74, 6) is -1.22. The molecule has 64 valence electrons. The number of carbonyl (C=O) groups is 1. The minimum absolute atomic E-state index is 0.240. The molecule has 4 nitrogen and oxygen atoms in total. The molecule has 0 radical (unpaired) electrons. The average Bonchev–Trinajstić information content (AvgIpc) is 1.96. The number of carboxylic acids is 1. The summed E-state index contributed by atoms with van der Waals surface area (Å²) in [6, 6.07) is 1.32.